The van der Waals surface area contributed by atoms with Crippen molar-refractivity contribution in [2.45, 2.75) is 32.1 Å². The Bertz CT molecular complexity index is 1600. The van der Waals surface area contributed by atoms with Gasteiger partial charge in [-0.1, -0.05) is 49.7 Å². The Morgan fingerprint density at radius 1 is 1.00 bits per heavy atom. The van der Waals surface area contributed by atoms with E-state index in [0.29, 0.717) is 22.9 Å². The summed E-state index contributed by atoms with van der Waals surface area (Å²) in [6.07, 6.45) is 1.87. The second-order valence-corrected chi connectivity index (χ2v) is 10.5. The highest BCUT2D eigenvalue weighted by Crippen LogP contribution is 2.38. The van der Waals surface area contributed by atoms with Crippen LogP contribution in [-0.4, -0.2) is 42.6 Å². The van der Waals surface area contributed by atoms with Crippen LogP contribution in [0, 0.1) is 12.8 Å². The Hall–Kier alpha value is -3.92. The summed E-state index contributed by atoms with van der Waals surface area (Å²) in [6.45, 7) is 5.80. The summed E-state index contributed by atoms with van der Waals surface area (Å²) in [5, 5.41) is 30.1. The molecule has 5 rings (SSSR count). The molecule has 9 nitrogen and oxygen atoms in total. The van der Waals surface area contributed by atoms with Crippen molar-refractivity contribution in [3.8, 4) is 28.7 Å². The number of nitrogens with zero attached hydrogens (tertiary/aromatic N) is 5. The molecule has 10 heteroatoms. The Kier molecular flexibility index (Phi) is 5.05. The predicted octanol–water partition coefficient (Wildman–Crippen LogP) is 4.09. The third-order valence-corrected chi connectivity index (χ3v) is 7.41. The van der Waals surface area contributed by atoms with E-state index in [1.165, 1.54) is 10.2 Å². The molecule has 0 atom stereocenters. The van der Waals surface area contributed by atoms with Crippen LogP contribution in [0.5, 0.6) is 5.88 Å². The highest BCUT2D eigenvalue weighted by atomic mass is 32.2. The lowest BCUT2D eigenvalue weighted by Crippen LogP contribution is -2.12. The second kappa shape index (κ2) is 7.84. The van der Waals surface area contributed by atoms with Gasteiger partial charge in [0.1, 0.15) is 17.1 Å². The minimum Gasteiger partial charge on any atom is -0.492 e. The van der Waals surface area contributed by atoms with Crippen molar-refractivity contribution < 1.29 is 18.7 Å². The summed E-state index contributed by atoms with van der Waals surface area (Å²) in [5.74, 6) is -0.0756. The van der Waals surface area contributed by atoms with E-state index in [-0.39, 0.29) is 39.6 Å². The fourth-order valence-corrected chi connectivity index (χ4v) is 5.41. The monoisotopic (exact) mass is 477 g/mol. The lowest BCUT2D eigenvalue weighted by Gasteiger charge is -2.13. The number of aromatic nitrogens is 5. The first-order valence-corrected chi connectivity index (χ1v) is 12.2. The largest absolute Gasteiger partial charge is 0.492 e. The Labute approximate surface area is 196 Å². The summed E-state index contributed by atoms with van der Waals surface area (Å²) in [5.41, 5.74) is 2.55. The van der Waals surface area contributed by atoms with Gasteiger partial charge < -0.3 is 10.3 Å². The summed E-state index contributed by atoms with van der Waals surface area (Å²) in [6, 6.07) is 13.7. The maximum atomic E-state index is 13.5. The molecule has 0 fully saturated rings. The highest BCUT2D eigenvalue weighted by Gasteiger charge is 2.29. The van der Waals surface area contributed by atoms with Crippen molar-refractivity contribution in [3.63, 3.8) is 0 Å². The topological polar surface area (TPSA) is 123 Å². The lowest BCUT2D eigenvalue weighted by molar-refractivity contribution is 0.168. The van der Waals surface area contributed by atoms with Crippen molar-refractivity contribution in [2.24, 2.45) is 5.92 Å². The molecule has 2 aliphatic rings. The van der Waals surface area contributed by atoms with Crippen LogP contribution in [0.2, 0.25) is 0 Å². The number of fused-ring (bicyclic) bond motifs is 2. The molecule has 0 radical (unpaired) electrons. The summed E-state index contributed by atoms with van der Waals surface area (Å²) in [4.78, 5) is 4.42. The van der Waals surface area contributed by atoms with Gasteiger partial charge in [0.15, 0.2) is 0 Å². The van der Waals surface area contributed by atoms with Gasteiger partial charge in [0.05, 0.1) is 10.4 Å². The molecule has 2 aliphatic heterocycles. The molecular formula is C24H23N5O4S. The molecule has 0 amide bonds. The average molecular weight is 478 g/mol. The molecule has 3 heterocycles. The number of hydrogen-bond donors (Lipinski definition) is 2. The van der Waals surface area contributed by atoms with E-state index in [2.05, 4.69) is 15.2 Å². The van der Waals surface area contributed by atoms with Crippen molar-refractivity contribution in [1.82, 2.24) is 23.9 Å². The third kappa shape index (κ3) is 3.38. The summed E-state index contributed by atoms with van der Waals surface area (Å²) >= 11 is 0. The van der Waals surface area contributed by atoms with Crippen molar-refractivity contribution >= 4 is 20.9 Å². The molecule has 2 aromatic carbocycles. The summed E-state index contributed by atoms with van der Waals surface area (Å²) in [7, 11) is -3.90. The van der Waals surface area contributed by atoms with Gasteiger partial charge in [-0.2, -0.15) is 4.73 Å². The third-order valence-electron chi connectivity index (χ3n) is 5.73. The zero-order valence-electron chi connectivity index (χ0n) is 18.8. The van der Waals surface area contributed by atoms with Gasteiger partial charge in [-0.3, -0.25) is 0 Å². The molecule has 0 aliphatic carbocycles. The maximum absolute atomic E-state index is 13.5. The van der Waals surface area contributed by atoms with Crippen LogP contribution in [0.1, 0.15) is 25.1 Å². The van der Waals surface area contributed by atoms with Gasteiger partial charge in [0.2, 0.25) is 11.7 Å². The minimum atomic E-state index is -3.90. The van der Waals surface area contributed by atoms with Crippen LogP contribution < -0.4 is 0 Å². The van der Waals surface area contributed by atoms with Crippen LogP contribution in [0.15, 0.2) is 59.6 Å². The van der Waals surface area contributed by atoms with E-state index in [4.69, 9.17) is 0 Å². The Morgan fingerprint density at radius 3 is 2.41 bits per heavy atom. The quantitative estimate of drug-likeness (QED) is 0.366. The number of aryl methyl sites for hydroxylation is 1. The fraction of sp³-hybridized carbons (Fsp3) is 0.208. The van der Waals surface area contributed by atoms with E-state index in [9.17, 15) is 18.7 Å². The first kappa shape index (κ1) is 21.9. The first-order chi connectivity index (χ1) is 16.2. The van der Waals surface area contributed by atoms with Gasteiger partial charge >= 0.3 is 0 Å². The SMILES string of the molecule is Cc1ccc(S(=O)(=O)n2cc(-c3nnc4n(O)c(CC(C)C)c(O)nc3-4)c3ccccc32)cc1. The Balaban J connectivity index is 1.73. The number of rotatable bonds is 5. The molecule has 1 aromatic heterocycles. The molecule has 0 saturated carbocycles. The molecule has 34 heavy (non-hydrogen) atoms. The van der Waals surface area contributed by atoms with E-state index >= 15 is 0 Å². The normalized spacial score (nSPS) is 12.2. The molecule has 0 spiro atoms. The summed E-state index contributed by atoms with van der Waals surface area (Å²) < 4.78 is 29.0. The molecule has 0 unspecified atom stereocenters. The van der Waals surface area contributed by atoms with Crippen LogP contribution in [0.4, 0.5) is 0 Å². The number of hydrogen-bond acceptors (Lipinski definition) is 7. The van der Waals surface area contributed by atoms with E-state index in [1.807, 2.05) is 20.8 Å². The molecule has 174 valence electrons. The van der Waals surface area contributed by atoms with Gasteiger partial charge in [-0.05, 0) is 37.5 Å². The van der Waals surface area contributed by atoms with Crippen molar-refractivity contribution in [3.05, 3.63) is 66.0 Å². The average Bonchev–Trinajstić information content (AvgIpc) is 3.38. The van der Waals surface area contributed by atoms with Crippen LogP contribution in [0.25, 0.3) is 33.7 Å². The molecule has 3 aromatic rings. The van der Waals surface area contributed by atoms with Gasteiger partial charge in [0.25, 0.3) is 10.0 Å². The van der Waals surface area contributed by atoms with Crippen molar-refractivity contribution in [1.29, 1.82) is 0 Å². The standard InChI is InChI=1S/C24H23N5O4S/c1-14(2)12-20-24(30)25-22-21(26-27-23(22)29(20)31)18-13-28(19-7-5-4-6-17(18)19)34(32,33)16-10-8-15(3)9-11-16/h4-11,13-14,30-31H,12H2,1-3H3. The van der Waals surface area contributed by atoms with E-state index in [1.54, 1.807) is 48.5 Å². The van der Waals surface area contributed by atoms with Crippen molar-refractivity contribution in [2.75, 3.05) is 0 Å². The zero-order valence-corrected chi connectivity index (χ0v) is 19.7. The number of benzene rings is 2. The van der Waals surface area contributed by atoms with Gasteiger partial charge in [0, 0.05) is 17.1 Å². The number of aromatic hydroxyl groups is 1. The second-order valence-electron chi connectivity index (χ2n) is 8.69. The van der Waals surface area contributed by atoms with Crippen LogP contribution >= 0.6 is 0 Å². The lowest BCUT2D eigenvalue weighted by atomic mass is 10.1. The van der Waals surface area contributed by atoms with E-state index < -0.39 is 10.0 Å². The fourth-order valence-electron chi connectivity index (χ4n) is 4.04. The number of para-hydroxylation sites is 1. The highest BCUT2D eigenvalue weighted by molar-refractivity contribution is 7.90. The molecule has 0 bridgehead atoms. The van der Waals surface area contributed by atoms with Crippen LogP contribution in [-0.2, 0) is 16.4 Å². The minimum absolute atomic E-state index is 0.0849. The molecule has 2 N–H and O–H groups in total. The van der Waals surface area contributed by atoms with Gasteiger partial charge in [-0.15, -0.1) is 10.2 Å². The molecular weight excluding hydrogens is 454 g/mol. The zero-order chi connectivity index (χ0) is 24.2. The van der Waals surface area contributed by atoms with E-state index in [0.717, 1.165) is 10.3 Å². The predicted molar refractivity (Wildman–Crippen MR) is 127 cm³/mol. The van der Waals surface area contributed by atoms with Crippen LogP contribution in [0.3, 0.4) is 0 Å². The first-order valence-electron chi connectivity index (χ1n) is 10.8. The Morgan fingerprint density at radius 2 is 1.71 bits per heavy atom. The maximum Gasteiger partial charge on any atom is 0.268 e. The van der Waals surface area contributed by atoms with Gasteiger partial charge in [-0.25, -0.2) is 17.4 Å². The smallest absolute Gasteiger partial charge is 0.268 e. The molecule has 0 saturated heterocycles.